The Bertz CT molecular complexity index is 305. The molecule has 1 aliphatic rings. The van der Waals surface area contributed by atoms with Crippen LogP contribution < -0.4 is 11.5 Å². The van der Waals surface area contributed by atoms with Gasteiger partial charge in [-0.1, -0.05) is 19.3 Å². The van der Waals surface area contributed by atoms with E-state index in [0.29, 0.717) is 0 Å². The maximum absolute atomic E-state index is 10.4. The molecule has 1 saturated carbocycles. The van der Waals surface area contributed by atoms with Gasteiger partial charge in [0.15, 0.2) is 5.96 Å². The molecule has 0 radical (unpaired) electrons. The van der Waals surface area contributed by atoms with E-state index in [4.69, 9.17) is 22.0 Å². The molecule has 104 valence electrons. The van der Waals surface area contributed by atoms with Gasteiger partial charge in [-0.2, -0.15) is 4.99 Å². The summed E-state index contributed by atoms with van der Waals surface area (Å²) in [5, 5.41) is 15.6. The second kappa shape index (κ2) is 8.32. The van der Waals surface area contributed by atoms with Crippen LogP contribution in [0.15, 0.2) is 4.99 Å². The van der Waals surface area contributed by atoms with Crippen molar-refractivity contribution in [3.63, 3.8) is 0 Å². The van der Waals surface area contributed by atoms with E-state index in [1.165, 1.54) is 11.3 Å². The summed E-state index contributed by atoms with van der Waals surface area (Å²) >= 11 is 0. The molecule has 7 heteroatoms. The van der Waals surface area contributed by atoms with Crippen LogP contribution in [-0.2, 0) is 4.79 Å². The van der Waals surface area contributed by atoms with Gasteiger partial charge < -0.3 is 21.5 Å². The van der Waals surface area contributed by atoms with Gasteiger partial charge in [0.1, 0.15) is 0 Å². The Morgan fingerprint density at radius 2 is 1.78 bits per heavy atom. The first-order valence-corrected chi connectivity index (χ1v) is 5.93. The van der Waals surface area contributed by atoms with E-state index in [2.05, 4.69) is 4.99 Å². The van der Waals surface area contributed by atoms with E-state index >= 15 is 0 Å². The minimum absolute atomic E-state index is 0.0289. The van der Waals surface area contributed by atoms with Gasteiger partial charge in [-0.15, -0.1) is 0 Å². The highest BCUT2D eigenvalue weighted by Gasteiger charge is 2.19. The maximum Gasteiger partial charge on any atom is 0.306 e. The van der Waals surface area contributed by atoms with Crippen molar-refractivity contribution in [2.75, 3.05) is 14.1 Å². The summed E-state index contributed by atoms with van der Waals surface area (Å²) in [6.07, 6.45) is 5.24. The molecule has 7 nitrogen and oxygen atoms in total. The lowest BCUT2D eigenvalue weighted by Gasteiger charge is -2.16. The number of aliphatic imine (C=N–C) groups is 1. The molecule has 0 aromatic carbocycles. The smallest absolute Gasteiger partial charge is 0.306 e. The number of guanidine groups is 2. The molecule has 1 aliphatic carbocycles. The standard InChI is InChI=1S/C7H12O2.C4H11N5/c8-7(9)6-4-2-1-3-5-6;1-9(2)4(7)8-3(5)6/h6H,1-5H2,(H,8,9);1-2H3,(H5,5,6,7,8). The summed E-state index contributed by atoms with van der Waals surface area (Å²) in [6, 6.07) is 0. The molecule has 6 N–H and O–H groups in total. The first-order chi connectivity index (χ1) is 8.34. The monoisotopic (exact) mass is 257 g/mol. The van der Waals surface area contributed by atoms with E-state index in [1.54, 1.807) is 14.1 Å². The maximum atomic E-state index is 10.4. The molecule has 1 fully saturated rings. The van der Waals surface area contributed by atoms with Gasteiger partial charge in [0.2, 0.25) is 5.96 Å². The van der Waals surface area contributed by atoms with E-state index in [0.717, 1.165) is 25.7 Å². The van der Waals surface area contributed by atoms with Gasteiger partial charge in [0, 0.05) is 14.1 Å². The number of hydrogen-bond donors (Lipinski definition) is 4. The van der Waals surface area contributed by atoms with Crippen LogP contribution in [0.4, 0.5) is 0 Å². The molecule has 0 aliphatic heterocycles. The van der Waals surface area contributed by atoms with E-state index < -0.39 is 5.97 Å². The number of nitrogens with zero attached hydrogens (tertiary/aromatic N) is 2. The van der Waals surface area contributed by atoms with Crippen molar-refractivity contribution >= 4 is 17.9 Å². The Hall–Kier alpha value is -1.79. The summed E-state index contributed by atoms with van der Waals surface area (Å²) in [5.74, 6) is -0.669. The molecular formula is C11H23N5O2. The third-order valence-corrected chi connectivity index (χ3v) is 2.61. The summed E-state index contributed by atoms with van der Waals surface area (Å²) in [4.78, 5) is 15.3. The predicted octanol–water partition coefficient (Wildman–Crippen LogP) is 0.407. The van der Waals surface area contributed by atoms with Gasteiger partial charge in [-0.3, -0.25) is 10.2 Å². The van der Waals surface area contributed by atoms with Crippen molar-refractivity contribution in [1.29, 1.82) is 5.41 Å². The number of nitrogens with two attached hydrogens (primary N) is 2. The number of carboxylic acid groups (broad SMARTS) is 1. The Balaban J connectivity index is 0.000000321. The molecule has 0 spiro atoms. The van der Waals surface area contributed by atoms with Crippen molar-refractivity contribution in [2.24, 2.45) is 22.4 Å². The summed E-state index contributed by atoms with van der Waals surface area (Å²) < 4.78 is 0. The summed E-state index contributed by atoms with van der Waals surface area (Å²) in [5.41, 5.74) is 9.98. The van der Waals surface area contributed by atoms with Crippen molar-refractivity contribution < 1.29 is 9.90 Å². The average molecular weight is 257 g/mol. The highest BCUT2D eigenvalue weighted by atomic mass is 16.4. The van der Waals surface area contributed by atoms with Crippen LogP contribution in [0.5, 0.6) is 0 Å². The van der Waals surface area contributed by atoms with Crippen molar-refractivity contribution in [3.05, 3.63) is 0 Å². The van der Waals surface area contributed by atoms with Crippen LogP contribution in [-0.4, -0.2) is 42.0 Å². The number of carbonyl (C=O) groups is 1. The Morgan fingerprint density at radius 3 is 2.00 bits per heavy atom. The van der Waals surface area contributed by atoms with Crippen LogP contribution in [0.25, 0.3) is 0 Å². The number of hydrogen-bond acceptors (Lipinski definition) is 2. The molecule has 0 aromatic heterocycles. The lowest BCUT2D eigenvalue weighted by Crippen LogP contribution is -2.28. The molecule has 0 aromatic rings. The lowest BCUT2D eigenvalue weighted by molar-refractivity contribution is -0.142. The van der Waals surface area contributed by atoms with E-state index in [1.807, 2.05) is 0 Å². The van der Waals surface area contributed by atoms with Crippen LogP contribution >= 0.6 is 0 Å². The molecule has 0 unspecified atom stereocenters. The summed E-state index contributed by atoms with van der Waals surface area (Å²) in [7, 11) is 3.38. The third kappa shape index (κ3) is 7.48. The Morgan fingerprint density at radius 1 is 1.28 bits per heavy atom. The fraction of sp³-hybridized carbons (Fsp3) is 0.727. The summed E-state index contributed by atoms with van der Waals surface area (Å²) in [6.45, 7) is 0. The van der Waals surface area contributed by atoms with Crippen molar-refractivity contribution in [2.45, 2.75) is 32.1 Å². The molecule has 0 bridgehead atoms. The zero-order valence-corrected chi connectivity index (χ0v) is 11.0. The normalized spacial score (nSPS) is 15.0. The average Bonchev–Trinajstić information content (AvgIpc) is 2.30. The minimum Gasteiger partial charge on any atom is -0.481 e. The van der Waals surface area contributed by atoms with E-state index in [9.17, 15) is 4.79 Å². The third-order valence-electron chi connectivity index (χ3n) is 2.61. The second-order valence-corrected chi connectivity index (χ2v) is 4.43. The first-order valence-electron chi connectivity index (χ1n) is 5.93. The van der Waals surface area contributed by atoms with Gasteiger partial charge in [-0.05, 0) is 12.8 Å². The zero-order chi connectivity index (χ0) is 14.1. The van der Waals surface area contributed by atoms with Crippen molar-refractivity contribution in [3.8, 4) is 0 Å². The fourth-order valence-electron chi connectivity index (χ4n) is 1.57. The highest BCUT2D eigenvalue weighted by molar-refractivity contribution is 5.91. The van der Waals surface area contributed by atoms with Crippen LogP contribution in [0.1, 0.15) is 32.1 Å². The number of aliphatic carboxylic acids is 1. The first kappa shape index (κ1) is 16.2. The number of carboxylic acids is 1. The Kier molecular flexibility index (Phi) is 7.50. The predicted molar refractivity (Wildman–Crippen MR) is 71.4 cm³/mol. The zero-order valence-electron chi connectivity index (χ0n) is 11.0. The van der Waals surface area contributed by atoms with Gasteiger partial charge in [-0.25, -0.2) is 0 Å². The van der Waals surface area contributed by atoms with E-state index in [-0.39, 0.29) is 17.8 Å². The molecule has 0 amide bonds. The second-order valence-electron chi connectivity index (χ2n) is 4.43. The van der Waals surface area contributed by atoms with Gasteiger partial charge >= 0.3 is 5.97 Å². The largest absolute Gasteiger partial charge is 0.481 e. The Labute approximate surface area is 107 Å². The van der Waals surface area contributed by atoms with Crippen LogP contribution in [0, 0.1) is 11.3 Å². The SMILES string of the molecule is CN(C)C(=N)N=C(N)N.O=C(O)C1CCCCC1. The molecular weight excluding hydrogens is 234 g/mol. The molecule has 1 rings (SSSR count). The molecule has 0 heterocycles. The quantitative estimate of drug-likeness (QED) is 0.399. The topological polar surface area (TPSA) is 129 Å². The highest BCUT2D eigenvalue weighted by Crippen LogP contribution is 2.23. The molecule has 18 heavy (non-hydrogen) atoms. The minimum atomic E-state index is -0.602. The van der Waals surface area contributed by atoms with Crippen LogP contribution in [0.2, 0.25) is 0 Å². The number of nitrogens with one attached hydrogen (secondary N) is 1. The molecule has 0 saturated heterocycles. The molecule has 0 atom stereocenters. The number of rotatable bonds is 1. The van der Waals surface area contributed by atoms with Gasteiger partial charge in [0.05, 0.1) is 5.92 Å². The van der Waals surface area contributed by atoms with Crippen LogP contribution in [0.3, 0.4) is 0 Å². The fourth-order valence-corrected chi connectivity index (χ4v) is 1.57. The van der Waals surface area contributed by atoms with Crippen molar-refractivity contribution in [1.82, 2.24) is 4.90 Å². The van der Waals surface area contributed by atoms with Gasteiger partial charge in [0.25, 0.3) is 0 Å². The lowest BCUT2D eigenvalue weighted by atomic mass is 9.90.